The highest BCUT2D eigenvalue weighted by atomic mass is 32.1. The first-order valence-corrected chi connectivity index (χ1v) is 11.0. The minimum Gasteiger partial charge on any atom is -0.326 e. The highest BCUT2D eigenvalue weighted by molar-refractivity contribution is 7.14. The first-order chi connectivity index (χ1) is 15.5. The smallest absolute Gasteiger partial charge is 0.266 e. The number of thiazole rings is 1. The molecule has 0 unspecified atom stereocenters. The second-order valence-corrected chi connectivity index (χ2v) is 8.37. The summed E-state index contributed by atoms with van der Waals surface area (Å²) in [4.78, 5) is 57.0. The molecule has 2 aliphatic rings. The van der Waals surface area contributed by atoms with Crippen molar-refractivity contribution in [3.63, 3.8) is 0 Å². The summed E-state index contributed by atoms with van der Waals surface area (Å²) in [6, 6.07) is 13.3. The van der Waals surface area contributed by atoms with E-state index in [1.165, 1.54) is 11.3 Å². The molecule has 2 aliphatic heterocycles. The highest BCUT2D eigenvalue weighted by Crippen LogP contribution is 2.30. The topological polar surface area (TPSA) is 99.7 Å². The molecule has 1 aromatic heterocycles. The maximum Gasteiger partial charge on any atom is 0.266 e. The third kappa shape index (κ3) is 3.56. The molecule has 0 spiro atoms. The van der Waals surface area contributed by atoms with E-state index in [4.69, 9.17) is 0 Å². The maximum atomic E-state index is 12.7. The summed E-state index contributed by atoms with van der Waals surface area (Å²) in [5.74, 6) is -1.00. The van der Waals surface area contributed by atoms with E-state index in [9.17, 15) is 19.2 Å². The monoisotopic (exact) mass is 446 g/mol. The number of rotatable bonds is 5. The average molecular weight is 446 g/mol. The average Bonchev–Trinajstić information content (AvgIpc) is 3.47. The van der Waals surface area contributed by atoms with E-state index in [2.05, 4.69) is 10.3 Å². The minimum absolute atomic E-state index is 0.0514. The molecule has 1 N–H and O–H groups in total. The van der Waals surface area contributed by atoms with Crippen LogP contribution in [0.5, 0.6) is 0 Å². The van der Waals surface area contributed by atoms with Crippen molar-refractivity contribution in [1.29, 1.82) is 0 Å². The van der Waals surface area contributed by atoms with Crippen LogP contribution in [0.1, 0.15) is 39.3 Å². The number of carbonyl (C=O) groups is 4. The van der Waals surface area contributed by atoms with E-state index in [0.29, 0.717) is 46.3 Å². The van der Waals surface area contributed by atoms with Gasteiger partial charge in [-0.1, -0.05) is 18.2 Å². The van der Waals surface area contributed by atoms with E-state index >= 15 is 0 Å². The van der Waals surface area contributed by atoms with Crippen molar-refractivity contribution in [1.82, 2.24) is 4.98 Å². The SMILES string of the molecule is O=C(Cc1csc(N2CCCC2=O)n1)Nc1cccc(N2C(=O)c3ccccc3C2=O)c1. The Bertz CT molecular complexity index is 1230. The van der Waals surface area contributed by atoms with Crippen molar-refractivity contribution in [2.24, 2.45) is 0 Å². The zero-order valence-corrected chi connectivity index (χ0v) is 17.7. The standard InChI is InChI=1S/C23H18N4O4S/c28-19(12-15-13-32-23(25-15)26-10-4-9-20(26)29)24-14-5-3-6-16(11-14)27-21(30)17-7-1-2-8-18(17)22(27)31/h1-3,5-8,11,13H,4,9-10,12H2,(H,24,28). The summed E-state index contributed by atoms with van der Waals surface area (Å²) in [6.07, 6.45) is 1.40. The number of carbonyl (C=O) groups excluding carboxylic acids is 4. The molecule has 32 heavy (non-hydrogen) atoms. The first-order valence-electron chi connectivity index (χ1n) is 10.1. The third-order valence-corrected chi connectivity index (χ3v) is 6.28. The number of nitrogens with zero attached hydrogens (tertiary/aromatic N) is 3. The van der Waals surface area contributed by atoms with Crippen LogP contribution in [0.3, 0.4) is 0 Å². The van der Waals surface area contributed by atoms with Crippen LogP contribution in [-0.2, 0) is 16.0 Å². The van der Waals surface area contributed by atoms with Gasteiger partial charge >= 0.3 is 0 Å². The number of aromatic nitrogens is 1. The number of amides is 4. The molecule has 8 nitrogen and oxygen atoms in total. The molecule has 3 heterocycles. The summed E-state index contributed by atoms with van der Waals surface area (Å²) >= 11 is 1.34. The first kappa shape index (κ1) is 20.1. The van der Waals surface area contributed by atoms with Gasteiger partial charge in [-0.25, -0.2) is 9.88 Å². The Morgan fingerprint density at radius 1 is 1.03 bits per heavy atom. The lowest BCUT2D eigenvalue weighted by Gasteiger charge is -2.15. The van der Waals surface area contributed by atoms with Crippen molar-refractivity contribution in [2.75, 3.05) is 21.7 Å². The van der Waals surface area contributed by atoms with Crippen LogP contribution < -0.4 is 15.1 Å². The van der Waals surface area contributed by atoms with E-state index in [-0.39, 0.29) is 30.0 Å². The van der Waals surface area contributed by atoms with Gasteiger partial charge in [-0.3, -0.25) is 24.1 Å². The van der Waals surface area contributed by atoms with Gasteiger partial charge in [-0.2, -0.15) is 0 Å². The lowest BCUT2D eigenvalue weighted by atomic mass is 10.1. The van der Waals surface area contributed by atoms with Crippen molar-refractivity contribution in [3.05, 3.63) is 70.7 Å². The Hall–Kier alpha value is -3.85. The molecule has 0 bridgehead atoms. The Kier molecular flexibility index (Phi) is 5.02. The van der Waals surface area contributed by atoms with Crippen molar-refractivity contribution in [2.45, 2.75) is 19.3 Å². The fourth-order valence-electron chi connectivity index (χ4n) is 3.87. The third-order valence-electron chi connectivity index (χ3n) is 5.37. The predicted octanol–water partition coefficient (Wildman–Crippen LogP) is 3.25. The summed E-state index contributed by atoms with van der Waals surface area (Å²) in [7, 11) is 0. The quantitative estimate of drug-likeness (QED) is 0.607. The van der Waals surface area contributed by atoms with Crippen LogP contribution in [0.25, 0.3) is 0 Å². The number of anilines is 3. The van der Waals surface area contributed by atoms with Gasteiger partial charge in [0.25, 0.3) is 11.8 Å². The summed E-state index contributed by atoms with van der Waals surface area (Å²) in [5.41, 5.74) is 2.16. The van der Waals surface area contributed by atoms with Gasteiger partial charge in [0.05, 0.1) is 28.9 Å². The van der Waals surface area contributed by atoms with Gasteiger partial charge in [0.15, 0.2) is 5.13 Å². The zero-order valence-electron chi connectivity index (χ0n) is 16.9. The number of hydrogen-bond acceptors (Lipinski definition) is 6. The van der Waals surface area contributed by atoms with E-state index in [1.807, 2.05) is 0 Å². The van der Waals surface area contributed by atoms with Gasteiger partial charge in [-0.05, 0) is 36.8 Å². The molecule has 5 rings (SSSR count). The molecule has 2 aromatic carbocycles. The summed E-state index contributed by atoms with van der Waals surface area (Å²) in [6.45, 7) is 0.655. The minimum atomic E-state index is -0.388. The van der Waals surface area contributed by atoms with E-state index in [0.717, 1.165) is 11.3 Å². The molecule has 9 heteroatoms. The number of fused-ring (bicyclic) bond motifs is 1. The second-order valence-electron chi connectivity index (χ2n) is 7.54. The van der Waals surface area contributed by atoms with Gasteiger partial charge < -0.3 is 5.32 Å². The molecule has 1 fully saturated rings. The molecule has 4 amide bonds. The summed E-state index contributed by atoms with van der Waals surface area (Å²) in [5, 5.41) is 5.18. The molecular formula is C23H18N4O4S. The van der Waals surface area contributed by atoms with Gasteiger partial charge in [0.2, 0.25) is 11.8 Å². The van der Waals surface area contributed by atoms with Gasteiger partial charge in [0.1, 0.15) is 0 Å². The van der Waals surface area contributed by atoms with Gasteiger partial charge in [-0.15, -0.1) is 11.3 Å². The molecular weight excluding hydrogens is 428 g/mol. The van der Waals surface area contributed by atoms with Crippen LogP contribution in [0.15, 0.2) is 53.9 Å². The molecule has 160 valence electrons. The molecule has 0 saturated carbocycles. The molecule has 0 aliphatic carbocycles. The number of imide groups is 1. The number of hydrogen-bond donors (Lipinski definition) is 1. The fraction of sp³-hybridized carbons (Fsp3) is 0.174. The van der Waals surface area contributed by atoms with Crippen molar-refractivity contribution < 1.29 is 19.2 Å². The largest absolute Gasteiger partial charge is 0.326 e. The second kappa shape index (κ2) is 8.01. The van der Waals surface area contributed by atoms with Crippen LogP contribution in [0.2, 0.25) is 0 Å². The Morgan fingerprint density at radius 2 is 1.78 bits per heavy atom. The highest BCUT2D eigenvalue weighted by Gasteiger charge is 2.36. The van der Waals surface area contributed by atoms with Gasteiger partial charge in [0, 0.05) is 24.0 Å². The lowest BCUT2D eigenvalue weighted by molar-refractivity contribution is -0.117. The number of benzene rings is 2. The lowest BCUT2D eigenvalue weighted by Crippen LogP contribution is -2.29. The van der Waals surface area contributed by atoms with Crippen LogP contribution in [-0.4, -0.2) is 35.2 Å². The summed E-state index contributed by atoms with van der Waals surface area (Å²) < 4.78 is 0. The number of nitrogens with one attached hydrogen (secondary N) is 1. The van der Waals surface area contributed by atoms with E-state index < -0.39 is 0 Å². The zero-order chi connectivity index (χ0) is 22.2. The Labute approximate surface area is 187 Å². The van der Waals surface area contributed by atoms with Crippen LogP contribution >= 0.6 is 11.3 Å². The maximum absolute atomic E-state index is 12.7. The van der Waals surface area contributed by atoms with E-state index in [1.54, 1.807) is 58.8 Å². The van der Waals surface area contributed by atoms with Crippen LogP contribution in [0.4, 0.5) is 16.5 Å². The normalized spacial score (nSPS) is 15.4. The predicted molar refractivity (Wildman–Crippen MR) is 120 cm³/mol. The van der Waals surface area contributed by atoms with Crippen molar-refractivity contribution >= 4 is 51.5 Å². The molecule has 0 atom stereocenters. The molecule has 3 aromatic rings. The Balaban J connectivity index is 1.28. The molecule has 1 saturated heterocycles. The molecule has 0 radical (unpaired) electrons. The fourth-order valence-corrected chi connectivity index (χ4v) is 4.74. The van der Waals surface area contributed by atoms with Crippen molar-refractivity contribution in [3.8, 4) is 0 Å². The van der Waals surface area contributed by atoms with Crippen LogP contribution in [0, 0.1) is 0 Å². The Morgan fingerprint density at radius 3 is 2.47 bits per heavy atom.